The van der Waals surface area contributed by atoms with Crippen LogP contribution in [-0.2, 0) is 6.42 Å². The maximum absolute atomic E-state index is 12.1. The average molecular weight is 191 g/mol. The van der Waals surface area contributed by atoms with Crippen LogP contribution in [0.25, 0.3) is 0 Å². The number of nitrogens with zero attached hydrogens (tertiary/aromatic N) is 1. The van der Waals surface area contributed by atoms with E-state index in [0.717, 1.165) is 16.8 Å². The van der Waals surface area contributed by atoms with Gasteiger partial charge < -0.3 is 15.0 Å². The molecular weight excluding hydrogens is 178 g/mol. The van der Waals surface area contributed by atoms with Crippen molar-refractivity contribution >= 4 is 5.69 Å². The first-order chi connectivity index (χ1) is 6.63. The van der Waals surface area contributed by atoms with E-state index in [0.29, 0.717) is 6.42 Å². The highest BCUT2D eigenvalue weighted by molar-refractivity contribution is 5.56. The maximum Gasteiger partial charge on any atom is 0.140 e. The predicted octanol–water partition coefficient (Wildman–Crippen LogP) is 1.55. The van der Waals surface area contributed by atoms with Gasteiger partial charge in [-0.05, 0) is 0 Å². The van der Waals surface area contributed by atoms with E-state index in [2.05, 4.69) is 0 Å². The molecule has 0 saturated carbocycles. The zero-order valence-electron chi connectivity index (χ0n) is 8.10. The van der Waals surface area contributed by atoms with Crippen LogP contribution in [0.3, 0.4) is 0 Å². The highest BCUT2D eigenvalue weighted by Crippen LogP contribution is 2.32. The SMILES string of the molecule is C[N+]1([O-])C=C(CO)Cc2ccccc21. The van der Waals surface area contributed by atoms with Crippen LogP contribution in [0.4, 0.5) is 5.69 Å². The molecular formula is C11H13NO2. The molecule has 1 heterocycles. The molecule has 3 heteroatoms. The molecule has 1 aromatic carbocycles. The van der Waals surface area contributed by atoms with E-state index in [1.165, 1.54) is 0 Å². The fraction of sp³-hybridized carbons (Fsp3) is 0.273. The van der Waals surface area contributed by atoms with Crippen LogP contribution in [-0.4, -0.2) is 18.8 Å². The zero-order chi connectivity index (χ0) is 10.2. The number of aliphatic hydroxyl groups excluding tert-OH is 1. The molecule has 14 heavy (non-hydrogen) atoms. The molecule has 3 nitrogen and oxygen atoms in total. The van der Waals surface area contributed by atoms with Crippen LogP contribution < -0.4 is 4.65 Å². The average Bonchev–Trinajstić information content (AvgIpc) is 2.17. The number of aliphatic hydroxyl groups is 1. The summed E-state index contributed by atoms with van der Waals surface area (Å²) in [5.74, 6) is 0. The second-order valence-electron chi connectivity index (χ2n) is 3.74. The van der Waals surface area contributed by atoms with Crippen molar-refractivity contribution in [2.24, 2.45) is 0 Å². The molecule has 1 N–H and O–H groups in total. The summed E-state index contributed by atoms with van der Waals surface area (Å²) in [6.07, 6.45) is 2.26. The van der Waals surface area contributed by atoms with Crippen molar-refractivity contribution in [3.63, 3.8) is 0 Å². The van der Waals surface area contributed by atoms with E-state index in [1.807, 2.05) is 24.3 Å². The van der Waals surface area contributed by atoms with Crippen LogP contribution in [0.2, 0.25) is 0 Å². The van der Waals surface area contributed by atoms with Gasteiger partial charge in [0.1, 0.15) is 11.9 Å². The Balaban J connectivity index is 2.51. The second kappa shape index (κ2) is 3.20. The van der Waals surface area contributed by atoms with Gasteiger partial charge in [-0.1, -0.05) is 18.2 Å². The number of rotatable bonds is 1. The molecule has 1 aromatic rings. The van der Waals surface area contributed by atoms with Crippen LogP contribution in [0.15, 0.2) is 36.0 Å². The summed E-state index contributed by atoms with van der Waals surface area (Å²) in [6, 6.07) is 7.56. The Kier molecular flexibility index (Phi) is 2.15. The van der Waals surface area contributed by atoms with E-state index in [1.54, 1.807) is 13.2 Å². The van der Waals surface area contributed by atoms with Crippen LogP contribution in [0.5, 0.6) is 0 Å². The number of hydrogen-bond acceptors (Lipinski definition) is 2. The van der Waals surface area contributed by atoms with Crippen molar-refractivity contribution in [1.82, 2.24) is 4.65 Å². The largest absolute Gasteiger partial charge is 0.622 e. The van der Waals surface area contributed by atoms with Crippen molar-refractivity contribution in [2.75, 3.05) is 13.7 Å². The Morgan fingerprint density at radius 3 is 2.86 bits per heavy atom. The van der Waals surface area contributed by atoms with E-state index >= 15 is 0 Å². The summed E-state index contributed by atoms with van der Waals surface area (Å²) in [4.78, 5) is 0. The molecule has 1 aliphatic heterocycles. The van der Waals surface area contributed by atoms with Crippen molar-refractivity contribution in [3.05, 3.63) is 46.8 Å². The van der Waals surface area contributed by atoms with E-state index in [-0.39, 0.29) is 6.61 Å². The molecule has 0 spiro atoms. The number of hydrogen-bond donors (Lipinski definition) is 1. The lowest BCUT2D eigenvalue weighted by molar-refractivity contribution is 0.324. The van der Waals surface area contributed by atoms with E-state index in [9.17, 15) is 5.21 Å². The smallest absolute Gasteiger partial charge is 0.140 e. The predicted molar refractivity (Wildman–Crippen MR) is 56.4 cm³/mol. The van der Waals surface area contributed by atoms with E-state index in [4.69, 9.17) is 5.11 Å². The summed E-state index contributed by atoms with van der Waals surface area (Å²) < 4.78 is -0.522. The molecule has 1 atom stereocenters. The standard InChI is InChI=1S/C11H13NO2/c1-12(14)7-9(8-13)6-10-4-2-3-5-11(10)12/h2-5,7,13H,6,8H2,1H3. The first-order valence-electron chi connectivity index (χ1n) is 4.60. The maximum atomic E-state index is 12.1. The van der Waals surface area contributed by atoms with Crippen LogP contribution in [0, 0.1) is 5.21 Å². The number of benzene rings is 1. The minimum atomic E-state index is -0.522. The topological polar surface area (TPSA) is 43.3 Å². The van der Waals surface area contributed by atoms with Gasteiger partial charge in [-0.2, -0.15) is 0 Å². The molecule has 0 radical (unpaired) electrons. The van der Waals surface area contributed by atoms with Gasteiger partial charge in [-0.3, -0.25) is 0 Å². The normalized spacial score (nSPS) is 25.5. The Bertz CT molecular complexity index is 383. The Morgan fingerprint density at radius 1 is 1.43 bits per heavy atom. The first-order valence-corrected chi connectivity index (χ1v) is 4.60. The Hall–Kier alpha value is -1.16. The summed E-state index contributed by atoms with van der Waals surface area (Å²) in [7, 11) is 1.58. The molecule has 0 saturated heterocycles. The highest BCUT2D eigenvalue weighted by atomic mass is 16.5. The van der Waals surface area contributed by atoms with Crippen molar-refractivity contribution in [1.29, 1.82) is 0 Å². The van der Waals surface area contributed by atoms with Crippen molar-refractivity contribution in [2.45, 2.75) is 6.42 Å². The number of hydroxylamine groups is 2. The lowest BCUT2D eigenvalue weighted by atomic mass is 10.0. The van der Waals surface area contributed by atoms with Crippen LogP contribution >= 0.6 is 0 Å². The van der Waals surface area contributed by atoms with Gasteiger partial charge in [-0.25, -0.2) is 0 Å². The van der Waals surface area contributed by atoms with Gasteiger partial charge >= 0.3 is 0 Å². The van der Waals surface area contributed by atoms with Crippen molar-refractivity contribution in [3.8, 4) is 0 Å². The molecule has 0 aliphatic carbocycles. The summed E-state index contributed by atoms with van der Waals surface area (Å²) in [5.41, 5.74) is 2.57. The van der Waals surface area contributed by atoms with Gasteiger partial charge in [0.25, 0.3) is 0 Å². The van der Waals surface area contributed by atoms with E-state index < -0.39 is 4.65 Å². The van der Waals surface area contributed by atoms with Gasteiger partial charge in [-0.15, -0.1) is 0 Å². The molecule has 2 rings (SSSR count). The third-order valence-electron chi connectivity index (χ3n) is 2.52. The monoisotopic (exact) mass is 191 g/mol. The number of quaternary nitrogens is 1. The van der Waals surface area contributed by atoms with Crippen molar-refractivity contribution < 1.29 is 5.11 Å². The third-order valence-corrected chi connectivity index (χ3v) is 2.52. The molecule has 0 aromatic heterocycles. The minimum absolute atomic E-state index is 0.0373. The first kappa shape index (κ1) is 9.40. The van der Waals surface area contributed by atoms with Gasteiger partial charge in [0.2, 0.25) is 0 Å². The molecule has 0 fully saturated rings. The van der Waals surface area contributed by atoms with Crippen LogP contribution in [0.1, 0.15) is 5.56 Å². The summed E-state index contributed by atoms with van der Waals surface area (Å²) >= 11 is 0. The lowest BCUT2D eigenvalue weighted by Crippen LogP contribution is -2.35. The minimum Gasteiger partial charge on any atom is -0.622 e. The Labute approximate surface area is 83.1 Å². The van der Waals surface area contributed by atoms with Gasteiger partial charge in [0, 0.05) is 23.6 Å². The number of para-hydroxylation sites is 1. The van der Waals surface area contributed by atoms with Gasteiger partial charge in [0.15, 0.2) is 0 Å². The molecule has 0 bridgehead atoms. The fourth-order valence-corrected chi connectivity index (χ4v) is 1.90. The summed E-state index contributed by atoms with van der Waals surface area (Å²) in [5, 5.41) is 21.1. The third kappa shape index (κ3) is 1.46. The fourth-order valence-electron chi connectivity index (χ4n) is 1.90. The second-order valence-corrected chi connectivity index (χ2v) is 3.74. The molecule has 0 amide bonds. The quantitative estimate of drug-likeness (QED) is 0.540. The number of fused-ring (bicyclic) bond motifs is 1. The summed E-state index contributed by atoms with van der Waals surface area (Å²) in [6.45, 7) is -0.0373. The Morgan fingerprint density at radius 2 is 2.14 bits per heavy atom. The zero-order valence-corrected chi connectivity index (χ0v) is 8.10. The molecule has 74 valence electrons. The lowest BCUT2D eigenvalue weighted by Gasteiger charge is -2.38. The highest BCUT2D eigenvalue weighted by Gasteiger charge is 2.23. The molecule has 1 unspecified atom stereocenters. The van der Waals surface area contributed by atoms with Gasteiger partial charge in [0.05, 0.1) is 13.7 Å². The molecule has 1 aliphatic rings.